The molecule has 1 atom stereocenters. The van der Waals surface area contributed by atoms with Crippen molar-refractivity contribution in [1.29, 1.82) is 0 Å². The predicted octanol–water partition coefficient (Wildman–Crippen LogP) is 4.40. The van der Waals surface area contributed by atoms with Crippen LogP contribution in [0.4, 0.5) is 20.2 Å². The van der Waals surface area contributed by atoms with Crippen molar-refractivity contribution in [3.05, 3.63) is 81.0 Å². The van der Waals surface area contributed by atoms with Crippen LogP contribution >= 0.6 is 0 Å². The maximum absolute atomic E-state index is 14.4. The number of carbonyl (C=O) groups excluding carboxylic acids is 2. The Hall–Kier alpha value is -3.42. The standard InChI is InChI=1S/C21H16F2N2O4/c22-13-6-9-17(16(23)10-13)24-18-2-1-3-19(26)21(18)15(11-20(24)27)12-4-7-14(8-5-12)25(28)29/h4-10,15H,1-3,11H2. The molecule has 0 saturated heterocycles. The minimum atomic E-state index is -0.878. The lowest BCUT2D eigenvalue weighted by molar-refractivity contribution is -0.384. The Balaban J connectivity index is 1.83. The molecule has 0 saturated carbocycles. The number of carbonyl (C=O) groups is 2. The molecule has 6 nitrogen and oxygen atoms in total. The topological polar surface area (TPSA) is 80.5 Å². The normalized spacial score (nSPS) is 19.4. The second kappa shape index (κ2) is 7.20. The number of rotatable bonds is 3. The molecule has 0 radical (unpaired) electrons. The Labute approximate surface area is 164 Å². The molecule has 2 aromatic rings. The van der Waals surface area contributed by atoms with E-state index in [9.17, 15) is 28.5 Å². The fraction of sp³-hybridized carbons (Fsp3) is 0.238. The van der Waals surface area contributed by atoms with Crippen LogP contribution in [0.15, 0.2) is 53.7 Å². The number of nitrogens with zero attached hydrogens (tertiary/aromatic N) is 2. The fourth-order valence-electron chi connectivity index (χ4n) is 4.05. The Kier molecular flexibility index (Phi) is 4.70. The van der Waals surface area contributed by atoms with E-state index in [-0.39, 0.29) is 23.6 Å². The quantitative estimate of drug-likeness (QED) is 0.567. The first-order valence-corrected chi connectivity index (χ1v) is 9.15. The number of allylic oxidation sites excluding steroid dienone is 2. The molecule has 0 spiro atoms. The van der Waals surface area contributed by atoms with Crippen LogP contribution < -0.4 is 4.90 Å². The first kappa shape index (κ1) is 18.9. The van der Waals surface area contributed by atoms with Gasteiger partial charge in [0.15, 0.2) is 5.78 Å². The molecule has 29 heavy (non-hydrogen) atoms. The van der Waals surface area contributed by atoms with Crippen LogP contribution in [0.5, 0.6) is 0 Å². The number of nitro groups is 1. The van der Waals surface area contributed by atoms with Crippen LogP contribution in [0.2, 0.25) is 0 Å². The Morgan fingerprint density at radius 3 is 2.41 bits per heavy atom. The third-order valence-electron chi connectivity index (χ3n) is 5.33. The molecule has 2 aromatic carbocycles. The van der Waals surface area contributed by atoms with Gasteiger partial charge >= 0.3 is 0 Å². The van der Waals surface area contributed by atoms with Gasteiger partial charge in [-0.25, -0.2) is 8.78 Å². The Morgan fingerprint density at radius 2 is 1.76 bits per heavy atom. The highest BCUT2D eigenvalue weighted by atomic mass is 19.1. The summed E-state index contributed by atoms with van der Waals surface area (Å²) in [5.41, 5.74) is 1.29. The van der Waals surface area contributed by atoms with Gasteiger partial charge in [0.25, 0.3) is 5.69 Å². The molecule has 2 aliphatic rings. The first-order valence-electron chi connectivity index (χ1n) is 9.15. The van der Waals surface area contributed by atoms with Gasteiger partial charge < -0.3 is 0 Å². The number of Topliss-reactive ketones (excluding diaryl/α,β-unsaturated/α-hetero) is 1. The van der Waals surface area contributed by atoms with E-state index in [4.69, 9.17) is 0 Å². The highest BCUT2D eigenvalue weighted by molar-refractivity contribution is 6.07. The van der Waals surface area contributed by atoms with E-state index < -0.39 is 28.4 Å². The van der Waals surface area contributed by atoms with E-state index in [2.05, 4.69) is 0 Å². The van der Waals surface area contributed by atoms with Gasteiger partial charge in [0.1, 0.15) is 11.6 Å². The van der Waals surface area contributed by atoms with Crippen molar-refractivity contribution in [3.63, 3.8) is 0 Å². The molecule has 1 heterocycles. The summed E-state index contributed by atoms with van der Waals surface area (Å²) in [5, 5.41) is 10.9. The smallest absolute Gasteiger partial charge is 0.269 e. The van der Waals surface area contributed by atoms with E-state index in [1.54, 1.807) is 0 Å². The Bertz CT molecular complexity index is 1060. The third kappa shape index (κ3) is 3.30. The van der Waals surface area contributed by atoms with Gasteiger partial charge in [0.2, 0.25) is 5.91 Å². The highest BCUT2D eigenvalue weighted by Gasteiger charge is 2.40. The summed E-state index contributed by atoms with van der Waals surface area (Å²) in [6.07, 6.45) is 1.17. The molecular weight excluding hydrogens is 382 g/mol. The van der Waals surface area contributed by atoms with Crippen molar-refractivity contribution >= 4 is 23.1 Å². The van der Waals surface area contributed by atoms with Gasteiger partial charge in [-0.15, -0.1) is 0 Å². The highest BCUT2D eigenvalue weighted by Crippen LogP contribution is 2.44. The van der Waals surface area contributed by atoms with Gasteiger partial charge in [-0.05, 0) is 30.5 Å². The molecular formula is C21H16F2N2O4. The second-order valence-electron chi connectivity index (χ2n) is 7.07. The number of halogens is 2. The minimum absolute atomic E-state index is 0.0826. The largest absolute Gasteiger partial charge is 0.294 e. The van der Waals surface area contributed by atoms with Gasteiger partial charge in [-0.1, -0.05) is 12.1 Å². The second-order valence-corrected chi connectivity index (χ2v) is 7.07. The van der Waals surface area contributed by atoms with Crippen LogP contribution in [-0.2, 0) is 9.59 Å². The minimum Gasteiger partial charge on any atom is -0.294 e. The molecule has 0 N–H and O–H groups in total. The monoisotopic (exact) mass is 398 g/mol. The van der Waals surface area contributed by atoms with Crippen LogP contribution in [0.1, 0.15) is 37.2 Å². The zero-order valence-electron chi connectivity index (χ0n) is 15.2. The fourth-order valence-corrected chi connectivity index (χ4v) is 4.05. The summed E-state index contributed by atoms with van der Waals surface area (Å²) in [4.78, 5) is 37.3. The zero-order valence-corrected chi connectivity index (χ0v) is 15.2. The van der Waals surface area contributed by atoms with Gasteiger partial charge in [0.05, 0.1) is 10.6 Å². The molecule has 1 amide bonds. The number of amides is 1. The van der Waals surface area contributed by atoms with Crippen molar-refractivity contribution in [1.82, 2.24) is 0 Å². The molecule has 148 valence electrons. The van der Waals surface area contributed by atoms with E-state index >= 15 is 0 Å². The molecule has 8 heteroatoms. The van der Waals surface area contributed by atoms with Gasteiger partial charge in [-0.3, -0.25) is 24.6 Å². The SMILES string of the molecule is O=C1CCCC2=C1C(c1ccc([N+](=O)[O-])cc1)CC(=O)N2c1ccc(F)cc1F. The number of hydrogen-bond acceptors (Lipinski definition) is 4. The van der Waals surface area contributed by atoms with Crippen molar-refractivity contribution in [2.24, 2.45) is 0 Å². The lowest BCUT2D eigenvalue weighted by Crippen LogP contribution is -2.41. The number of anilines is 1. The summed E-state index contributed by atoms with van der Waals surface area (Å²) in [6.45, 7) is 0. The third-order valence-corrected chi connectivity index (χ3v) is 5.33. The maximum atomic E-state index is 14.4. The van der Waals surface area contributed by atoms with Crippen LogP contribution in [0.25, 0.3) is 0 Å². The van der Waals surface area contributed by atoms with E-state index in [0.29, 0.717) is 42.2 Å². The summed E-state index contributed by atoms with van der Waals surface area (Å²) in [5.74, 6) is -2.72. The zero-order chi connectivity index (χ0) is 20.7. The molecule has 1 aliphatic heterocycles. The predicted molar refractivity (Wildman–Crippen MR) is 100 cm³/mol. The van der Waals surface area contributed by atoms with Crippen molar-refractivity contribution in [2.45, 2.75) is 31.6 Å². The molecule has 0 fully saturated rings. The van der Waals surface area contributed by atoms with Crippen LogP contribution in [0.3, 0.4) is 0 Å². The van der Waals surface area contributed by atoms with Gasteiger partial charge in [-0.2, -0.15) is 0 Å². The average Bonchev–Trinajstić information content (AvgIpc) is 2.68. The summed E-state index contributed by atoms with van der Waals surface area (Å²) in [7, 11) is 0. The van der Waals surface area contributed by atoms with Gasteiger partial charge in [0, 0.05) is 48.2 Å². The number of ketones is 1. The maximum Gasteiger partial charge on any atom is 0.269 e. The lowest BCUT2D eigenvalue weighted by atomic mass is 9.77. The number of benzene rings is 2. The summed E-state index contributed by atoms with van der Waals surface area (Å²) >= 11 is 0. The van der Waals surface area contributed by atoms with E-state index in [1.165, 1.54) is 35.2 Å². The average molecular weight is 398 g/mol. The molecule has 1 aliphatic carbocycles. The van der Waals surface area contributed by atoms with Crippen molar-refractivity contribution in [2.75, 3.05) is 4.90 Å². The van der Waals surface area contributed by atoms with Crippen molar-refractivity contribution < 1.29 is 23.3 Å². The number of non-ortho nitro benzene ring substituents is 1. The first-order chi connectivity index (χ1) is 13.9. The number of hydrogen-bond donors (Lipinski definition) is 0. The van der Waals surface area contributed by atoms with E-state index in [1.807, 2.05) is 0 Å². The van der Waals surface area contributed by atoms with Crippen LogP contribution in [-0.4, -0.2) is 16.6 Å². The molecule has 0 bridgehead atoms. The lowest BCUT2D eigenvalue weighted by Gasteiger charge is -2.38. The summed E-state index contributed by atoms with van der Waals surface area (Å²) in [6, 6.07) is 8.71. The molecule has 1 unspecified atom stereocenters. The van der Waals surface area contributed by atoms with E-state index in [0.717, 1.165) is 6.07 Å². The Morgan fingerprint density at radius 1 is 1.03 bits per heavy atom. The number of nitro benzene ring substituents is 1. The van der Waals surface area contributed by atoms with Crippen molar-refractivity contribution in [3.8, 4) is 0 Å². The summed E-state index contributed by atoms with van der Waals surface area (Å²) < 4.78 is 27.7. The molecule has 0 aromatic heterocycles. The van der Waals surface area contributed by atoms with Crippen LogP contribution in [0, 0.1) is 21.7 Å². The molecule has 4 rings (SSSR count).